The van der Waals surface area contributed by atoms with Gasteiger partial charge in [0.15, 0.2) is 11.5 Å². The van der Waals surface area contributed by atoms with Crippen LogP contribution in [0.3, 0.4) is 0 Å². The molecule has 1 aromatic carbocycles. The first kappa shape index (κ1) is 21.3. The third kappa shape index (κ3) is 4.38. The molecule has 12 heteroatoms. The number of anilines is 4. The Kier molecular flexibility index (Phi) is 5.75. The molecular weight excluding hydrogens is 416 g/mol. The number of piperidine rings is 1. The normalized spacial score (nSPS) is 18.2. The zero-order valence-corrected chi connectivity index (χ0v) is 17.5. The van der Waals surface area contributed by atoms with E-state index in [1.54, 1.807) is 18.0 Å². The van der Waals surface area contributed by atoms with Crippen LogP contribution in [-0.4, -0.2) is 69.3 Å². The third-order valence-corrected chi connectivity index (χ3v) is 5.63. The number of aryl methyl sites for hydroxylation is 1. The Hall–Kier alpha value is -3.96. The van der Waals surface area contributed by atoms with E-state index in [0.29, 0.717) is 38.0 Å². The van der Waals surface area contributed by atoms with Crippen LogP contribution in [0.4, 0.5) is 27.9 Å². The van der Waals surface area contributed by atoms with Gasteiger partial charge in [-0.1, -0.05) is 0 Å². The molecule has 1 saturated heterocycles. The molecule has 4 rings (SSSR count). The lowest BCUT2D eigenvalue weighted by Gasteiger charge is -2.31. The fourth-order valence-electron chi connectivity index (χ4n) is 3.96. The largest absolute Gasteiger partial charge is 0.465 e. The summed E-state index contributed by atoms with van der Waals surface area (Å²) in [7, 11) is 1.74. The highest BCUT2D eigenvalue weighted by Crippen LogP contribution is 2.30. The molecule has 0 saturated carbocycles. The number of carbonyl (C=O) groups excluding carboxylic acids is 2. The van der Waals surface area contributed by atoms with Gasteiger partial charge in [-0.25, -0.2) is 4.79 Å². The van der Waals surface area contributed by atoms with Crippen molar-refractivity contribution >= 4 is 41.0 Å². The number of fused-ring (bicyclic) bond motifs is 1. The van der Waals surface area contributed by atoms with Crippen molar-refractivity contribution in [1.82, 2.24) is 20.1 Å². The second kappa shape index (κ2) is 8.65. The molecule has 3 amide bonds. The number of rotatable bonds is 5. The van der Waals surface area contributed by atoms with Gasteiger partial charge in [-0.05, 0) is 43.0 Å². The number of hydrogen-bond donors (Lipinski definition) is 4. The Morgan fingerprint density at radius 1 is 1.25 bits per heavy atom. The number of carbonyl (C=O) groups is 3. The molecule has 3 heterocycles. The highest BCUT2D eigenvalue weighted by atomic mass is 16.4. The topological polar surface area (TPSA) is 167 Å². The summed E-state index contributed by atoms with van der Waals surface area (Å²) in [5, 5.41) is 23.2. The molecule has 1 fully saturated rings. The molecule has 2 aliphatic heterocycles. The van der Waals surface area contributed by atoms with Gasteiger partial charge < -0.3 is 31.3 Å². The Balaban J connectivity index is 1.56. The van der Waals surface area contributed by atoms with Crippen molar-refractivity contribution in [1.29, 1.82) is 0 Å². The minimum absolute atomic E-state index is 0.0640. The molecule has 0 bridgehead atoms. The maximum absolute atomic E-state index is 11.9. The lowest BCUT2D eigenvalue weighted by molar-refractivity contribution is -0.118. The molecule has 2 aromatic rings. The Morgan fingerprint density at radius 3 is 2.81 bits per heavy atom. The lowest BCUT2D eigenvalue weighted by Crippen LogP contribution is -2.44. The van der Waals surface area contributed by atoms with Crippen molar-refractivity contribution in [2.45, 2.75) is 31.7 Å². The summed E-state index contributed by atoms with van der Waals surface area (Å²) in [6.45, 7) is 0.787. The SMILES string of the molecule is CN1C(=O)CCc2cc(Nc3nc(N[C@@H]4CCCN(C(=O)O)C4)nnc3C(N)=O)ccc21. The predicted molar refractivity (Wildman–Crippen MR) is 116 cm³/mol. The number of aromatic nitrogens is 3. The highest BCUT2D eigenvalue weighted by molar-refractivity contribution is 5.97. The van der Waals surface area contributed by atoms with Gasteiger partial charge in [0.2, 0.25) is 11.9 Å². The average molecular weight is 440 g/mol. The predicted octanol–water partition coefficient (Wildman–Crippen LogP) is 1.18. The van der Waals surface area contributed by atoms with E-state index < -0.39 is 12.0 Å². The summed E-state index contributed by atoms with van der Waals surface area (Å²) >= 11 is 0. The van der Waals surface area contributed by atoms with E-state index in [-0.39, 0.29) is 29.4 Å². The minimum atomic E-state index is -0.971. The van der Waals surface area contributed by atoms with Crippen LogP contribution in [0.2, 0.25) is 0 Å². The number of nitrogens with one attached hydrogen (secondary N) is 2. The molecule has 2 aliphatic rings. The van der Waals surface area contributed by atoms with E-state index in [1.165, 1.54) is 4.90 Å². The Bertz CT molecular complexity index is 1080. The maximum atomic E-state index is 11.9. The first-order valence-corrected chi connectivity index (χ1v) is 10.3. The summed E-state index contributed by atoms with van der Waals surface area (Å²) < 4.78 is 0. The van der Waals surface area contributed by atoms with Crippen LogP contribution in [0, 0.1) is 0 Å². The van der Waals surface area contributed by atoms with E-state index in [9.17, 15) is 19.5 Å². The van der Waals surface area contributed by atoms with E-state index in [0.717, 1.165) is 17.7 Å². The first-order valence-electron chi connectivity index (χ1n) is 10.3. The first-order chi connectivity index (χ1) is 15.3. The van der Waals surface area contributed by atoms with Gasteiger partial charge in [0.1, 0.15) is 0 Å². The van der Waals surface area contributed by atoms with Crippen LogP contribution < -0.4 is 21.3 Å². The zero-order chi connectivity index (χ0) is 22.8. The summed E-state index contributed by atoms with van der Waals surface area (Å²) in [6, 6.07) is 5.32. The molecule has 5 N–H and O–H groups in total. The smallest absolute Gasteiger partial charge is 0.407 e. The minimum Gasteiger partial charge on any atom is -0.465 e. The molecule has 1 atom stereocenters. The summed E-state index contributed by atoms with van der Waals surface area (Å²) in [5.41, 5.74) is 7.82. The molecule has 12 nitrogen and oxygen atoms in total. The zero-order valence-electron chi connectivity index (χ0n) is 17.5. The van der Waals surface area contributed by atoms with E-state index >= 15 is 0 Å². The number of amides is 3. The summed E-state index contributed by atoms with van der Waals surface area (Å²) in [4.78, 5) is 42.3. The van der Waals surface area contributed by atoms with Crippen molar-refractivity contribution < 1.29 is 19.5 Å². The van der Waals surface area contributed by atoms with Gasteiger partial charge >= 0.3 is 6.09 Å². The standard InChI is InChI=1S/C20H24N8O4/c1-27-14-6-5-12(9-11(14)4-7-15(27)29)22-18-16(17(21)30)25-26-19(24-18)23-13-3-2-8-28(10-13)20(31)32/h5-6,9,13H,2-4,7-8,10H2,1H3,(H2,21,30)(H,31,32)(H2,22,23,24,26)/t13-/m1/s1. The number of likely N-dealkylation sites (tertiary alicyclic amines) is 1. The molecule has 0 aliphatic carbocycles. The molecule has 0 radical (unpaired) electrons. The Morgan fingerprint density at radius 2 is 2.06 bits per heavy atom. The molecule has 1 aromatic heterocycles. The summed E-state index contributed by atoms with van der Waals surface area (Å²) in [6.07, 6.45) is 1.55. The maximum Gasteiger partial charge on any atom is 0.407 e. The number of nitrogens with two attached hydrogens (primary N) is 1. The highest BCUT2D eigenvalue weighted by Gasteiger charge is 2.25. The number of carboxylic acid groups (broad SMARTS) is 1. The van der Waals surface area contributed by atoms with Crippen LogP contribution in [0.15, 0.2) is 18.2 Å². The fraction of sp³-hybridized carbons (Fsp3) is 0.400. The van der Waals surface area contributed by atoms with Gasteiger partial charge in [0.05, 0.1) is 0 Å². The van der Waals surface area contributed by atoms with Gasteiger partial charge in [0, 0.05) is 44.0 Å². The van der Waals surface area contributed by atoms with E-state index in [1.807, 2.05) is 12.1 Å². The number of nitrogens with zero attached hydrogens (tertiary/aromatic N) is 5. The molecule has 0 spiro atoms. The van der Waals surface area contributed by atoms with Crippen molar-refractivity contribution in [3.8, 4) is 0 Å². The Labute approximate surface area is 183 Å². The van der Waals surface area contributed by atoms with Crippen LogP contribution in [0.1, 0.15) is 35.3 Å². The summed E-state index contributed by atoms with van der Waals surface area (Å²) in [5.74, 6) is -0.412. The molecule has 32 heavy (non-hydrogen) atoms. The lowest BCUT2D eigenvalue weighted by atomic mass is 10.0. The quantitative estimate of drug-likeness (QED) is 0.534. The third-order valence-electron chi connectivity index (χ3n) is 5.63. The van der Waals surface area contributed by atoms with Gasteiger partial charge in [-0.3, -0.25) is 9.59 Å². The van der Waals surface area contributed by atoms with Crippen LogP contribution in [0.25, 0.3) is 0 Å². The number of benzene rings is 1. The van der Waals surface area contributed by atoms with Gasteiger partial charge in [-0.15, -0.1) is 10.2 Å². The van der Waals surface area contributed by atoms with E-state index in [2.05, 4.69) is 25.8 Å². The molecule has 0 unspecified atom stereocenters. The van der Waals surface area contributed by atoms with Gasteiger partial charge in [-0.2, -0.15) is 4.98 Å². The van der Waals surface area contributed by atoms with Crippen molar-refractivity contribution in [2.24, 2.45) is 5.73 Å². The average Bonchev–Trinajstić information content (AvgIpc) is 2.76. The number of primary amides is 1. The van der Waals surface area contributed by atoms with Crippen molar-refractivity contribution in [3.05, 3.63) is 29.5 Å². The number of hydrogen-bond acceptors (Lipinski definition) is 8. The van der Waals surface area contributed by atoms with Crippen molar-refractivity contribution in [2.75, 3.05) is 35.7 Å². The molecule has 168 valence electrons. The molecular formula is C20H24N8O4. The van der Waals surface area contributed by atoms with Crippen molar-refractivity contribution in [3.63, 3.8) is 0 Å². The second-order valence-electron chi connectivity index (χ2n) is 7.83. The monoisotopic (exact) mass is 440 g/mol. The van der Waals surface area contributed by atoms with Crippen LogP contribution >= 0.6 is 0 Å². The van der Waals surface area contributed by atoms with Crippen LogP contribution in [-0.2, 0) is 11.2 Å². The van der Waals surface area contributed by atoms with E-state index in [4.69, 9.17) is 5.73 Å². The van der Waals surface area contributed by atoms with Gasteiger partial charge in [0.25, 0.3) is 5.91 Å². The van der Waals surface area contributed by atoms with Crippen LogP contribution in [0.5, 0.6) is 0 Å². The second-order valence-corrected chi connectivity index (χ2v) is 7.83. The fourth-order valence-corrected chi connectivity index (χ4v) is 3.96.